The minimum absolute atomic E-state index is 0.00866. The number of aromatic nitrogens is 1. The molecule has 2 heterocycles. The van der Waals surface area contributed by atoms with Crippen LogP contribution in [0.15, 0.2) is 33.5 Å². The van der Waals surface area contributed by atoms with Gasteiger partial charge in [0.15, 0.2) is 0 Å². The summed E-state index contributed by atoms with van der Waals surface area (Å²) in [6.07, 6.45) is 0. The first-order valence-corrected chi connectivity index (χ1v) is 6.96. The quantitative estimate of drug-likeness (QED) is 0.890. The molecule has 0 spiro atoms. The van der Waals surface area contributed by atoms with E-state index in [1.165, 1.54) is 23.7 Å². The van der Waals surface area contributed by atoms with E-state index in [9.17, 15) is 14.7 Å². The maximum absolute atomic E-state index is 12.2. The fourth-order valence-corrected chi connectivity index (χ4v) is 2.40. The Bertz CT molecular complexity index is 756. The Morgan fingerprint density at radius 2 is 2.09 bits per heavy atom. The average Bonchev–Trinajstić information content (AvgIpc) is 2.79. The van der Waals surface area contributed by atoms with Crippen LogP contribution in [0.3, 0.4) is 0 Å². The smallest absolute Gasteiger partial charge is 0.268 e. The maximum Gasteiger partial charge on any atom is 0.268 e. The second-order valence-electron chi connectivity index (χ2n) is 5.59. The molecule has 0 aromatic carbocycles. The number of aliphatic hydroxyl groups is 1. The van der Waals surface area contributed by atoms with Gasteiger partial charge in [-0.3, -0.25) is 9.59 Å². The molecule has 2 aromatic heterocycles. The van der Waals surface area contributed by atoms with Gasteiger partial charge in [0.2, 0.25) is 0 Å². The van der Waals surface area contributed by atoms with Crippen LogP contribution in [0.25, 0.3) is 0 Å². The van der Waals surface area contributed by atoms with Gasteiger partial charge in [-0.25, -0.2) is 0 Å². The van der Waals surface area contributed by atoms with Crippen molar-refractivity contribution < 1.29 is 14.3 Å². The van der Waals surface area contributed by atoms with Gasteiger partial charge in [-0.2, -0.15) is 0 Å². The SMILES string of the molecule is Cc1cc(C(C)(O)CNC(=O)c2cccc(=O)n2C)c(C)o1. The fourth-order valence-electron chi connectivity index (χ4n) is 2.40. The van der Waals surface area contributed by atoms with Crippen LogP contribution in [-0.2, 0) is 12.6 Å². The molecule has 0 saturated carbocycles. The molecule has 118 valence electrons. The summed E-state index contributed by atoms with van der Waals surface area (Å²) >= 11 is 0. The first kappa shape index (κ1) is 16.0. The number of pyridine rings is 1. The number of hydrogen-bond acceptors (Lipinski definition) is 4. The lowest BCUT2D eigenvalue weighted by molar-refractivity contribution is 0.0511. The molecule has 0 aliphatic rings. The lowest BCUT2D eigenvalue weighted by Crippen LogP contribution is -2.40. The van der Waals surface area contributed by atoms with Crippen LogP contribution < -0.4 is 10.9 Å². The summed E-state index contributed by atoms with van der Waals surface area (Å²) in [6.45, 7) is 5.17. The standard InChI is InChI=1S/C16H20N2O4/c1-10-8-12(11(2)22-10)16(3,21)9-17-15(20)13-6-5-7-14(19)18(13)4/h5-8,21H,9H2,1-4H3,(H,17,20). The number of furan rings is 1. The van der Waals surface area contributed by atoms with Crippen LogP contribution in [0.5, 0.6) is 0 Å². The van der Waals surface area contributed by atoms with Crippen LogP contribution in [0.1, 0.15) is 34.5 Å². The van der Waals surface area contributed by atoms with E-state index in [0.29, 0.717) is 17.1 Å². The van der Waals surface area contributed by atoms with Gasteiger partial charge in [-0.05, 0) is 32.9 Å². The molecule has 2 rings (SSSR count). The van der Waals surface area contributed by atoms with Crippen molar-refractivity contribution in [3.8, 4) is 0 Å². The first-order valence-electron chi connectivity index (χ1n) is 6.96. The van der Waals surface area contributed by atoms with E-state index in [0.717, 1.165) is 0 Å². The molecule has 6 nitrogen and oxygen atoms in total. The van der Waals surface area contributed by atoms with E-state index in [4.69, 9.17) is 4.42 Å². The number of carbonyl (C=O) groups is 1. The number of aryl methyl sites for hydroxylation is 2. The number of rotatable bonds is 4. The average molecular weight is 304 g/mol. The van der Waals surface area contributed by atoms with Gasteiger partial charge in [0.05, 0.1) is 6.54 Å². The molecule has 0 radical (unpaired) electrons. The van der Waals surface area contributed by atoms with Crippen molar-refractivity contribution >= 4 is 5.91 Å². The van der Waals surface area contributed by atoms with E-state index >= 15 is 0 Å². The molecular weight excluding hydrogens is 284 g/mol. The third-order valence-electron chi connectivity index (χ3n) is 3.63. The minimum atomic E-state index is -1.26. The van der Waals surface area contributed by atoms with E-state index in [1.54, 1.807) is 32.9 Å². The molecule has 0 fully saturated rings. The molecular formula is C16H20N2O4. The van der Waals surface area contributed by atoms with Gasteiger partial charge in [-0.1, -0.05) is 6.07 Å². The third kappa shape index (κ3) is 3.12. The topological polar surface area (TPSA) is 84.5 Å². The maximum atomic E-state index is 12.2. The molecule has 2 aromatic rings. The Balaban J connectivity index is 2.15. The molecule has 1 amide bonds. The van der Waals surface area contributed by atoms with Crippen molar-refractivity contribution in [3.05, 3.63) is 57.4 Å². The normalized spacial score (nSPS) is 13.7. The molecule has 0 bridgehead atoms. The molecule has 2 N–H and O–H groups in total. The molecule has 1 atom stereocenters. The summed E-state index contributed by atoms with van der Waals surface area (Å²) in [5.41, 5.74) is -0.651. The molecule has 0 aliphatic heterocycles. The lowest BCUT2D eigenvalue weighted by atomic mass is 9.96. The molecule has 0 saturated heterocycles. The van der Waals surface area contributed by atoms with Gasteiger partial charge in [0, 0.05) is 18.7 Å². The van der Waals surface area contributed by atoms with Crippen molar-refractivity contribution in [2.24, 2.45) is 7.05 Å². The summed E-state index contributed by atoms with van der Waals surface area (Å²) in [4.78, 5) is 23.7. The zero-order valence-corrected chi connectivity index (χ0v) is 13.1. The van der Waals surface area contributed by atoms with Crippen LogP contribution >= 0.6 is 0 Å². The van der Waals surface area contributed by atoms with E-state index in [2.05, 4.69) is 5.32 Å². The first-order chi connectivity index (χ1) is 10.2. The van der Waals surface area contributed by atoms with Crippen LogP contribution in [0.2, 0.25) is 0 Å². The number of amides is 1. The van der Waals surface area contributed by atoms with Crippen molar-refractivity contribution in [3.63, 3.8) is 0 Å². The van der Waals surface area contributed by atoms with Gasteiger partial charge in [-0.15, -0.1) is 0 Å². The molecule has 0 aliphatic carbocycles. The van der Waals surface area contributed by atoms with Crippen LogP contribution in [0.4, 0.5) is 0 Å². The summed E-state index contributed by atoms with van der Waals surface area (Å²) in [6, 6.07) is 6.21. The fraction of sp³-hybridized carbons (Fsp3) is 0.375. The highest BCUT2D eigenvalue weighted by Gasteiger charge is 2.28. The van der Waals surface area contributed by atoms with Crippen molar-refractivity contribution in [1.29, 1.82) is 0 Å². The van der Waals surface area contributed by atoms with Gasteiger partial charge >= 0.3 is 0 Å². The van der Waals surface area contributed by atoms with E-state index < -0.39 is 11.5 Å². The summed E-state index contributed by atoms with van der Waals surface area (Å²) in [5, 5.41) is 13.2. The van der Waals surface area contributed by atoms with Crippen molar-refractivity contribution in [1.82, 2.24) is 9.88 Å². The number of nitrogens with one attached hydrogen (secondary N) is 1. The highest BCUT2D eigenvalue weighted by molar-refractivity contribution is 5.92. The predicted octanol–water partition coefficient (Wildman–Crippen LogP) is 1.23. The molecule has 22 heavy (non-hydrogen) atoms. The summed E-state index contributed by atoms with van der Waals surface area (Å²) in [7, 11) is 1.53. The second-order valence-corrected chi connectivity index (χ2v) is 5.59. The van der Waals surface area contributed by atoms with Gasteiger partial charge in [0.25, 0.3) is 11.5 Å². The molecule has 6 heteroatoms. The zero-order chi connectivity index (χ0) is 16.5. The Labute approximate surface area is 128 Å². The highest BCUT2D eigenvalue weighted by atomic mass is 16.3. The van der Waals surface area contributed by atoms with E-state index in [1.807, 2.05) is 0 Å². The Morgan fingerprint density at radius 3 is 2.68 bits per heavy atom. The Hall–Kier alpha value is -2.34. The van der Waals surface area contributed by atoms with Crippen LogP contribution in [0, 0.1) is 13.8 Å². The number of nitrogens with zero attached hydrogens (tertiary/aromatic N) is 1. The molecule has 1 unspecified atom stereocenters. The Morgan fingerprint density at radius 1 is 1.41 bits per heavy atom. The zero-order valence-electron chi connectivity index (χ0n) is 13.1. The third-order valence-corrected chi connectivity index (χ3v) is 3.63. The lowest BCUT2D eigenvalue weighted by Gasteiger charge is -2.23. The number of hydrogen-bond donors (Lipinski definition) is 2. The monoisotopic (exact) mass is 304 g/mol. The van der Waals surface area contributed by atoms with E-state index in [-0.39, 0.29) is 17.8 Å². The van der Waals surface area contributed by atoms with Crippen molar-refractivity contribution in [2.45, 2.75) is 26.4 Å². The second kappa shape index (κ2) is 5.81. The predicted molar refractivity (Wildman–Crippen MR) is 81.8 cm³/mol. The Kier molecular flexibility index (Phi) is 4.23. The minimum Gasteiger partial charge on any atom is -0.466 e. The van der Waals surface area contributed by atoms with Crippen LogP contribution in [-0.4, -0.2) is 22.1 Å². The summed E-state index contributed by atoms with van der Waals surface area (Å²) < 4.78 is 6.67. The highest BCUT2D eigenvalue weighted by Crippen LogP contribution is 2.26. The summed E-state index contributed by atoms with van der Waals surface area (Å²) in [5.74, 6) is 0.895. The van der Waals surface area contributed by atoms with Gasteiger partial charge in [0.1, 0.15) is 22.8 Å². The van der Waals surface area contributed by atoms with Crippen molar-refractivity contribution in [2.75, 3.05) is 6.54 Å². The largest absolute Gasteiger partial charge is 0.466 e. The van der Waals surface area contributed by atoms with Gasteiger partial charge < -0.3 is 19.4 Å². The number of carbonyl (C=O) groups excluding carboxylic acids is 1.